The lowest BCUT2D eigenvalue weighted by molar-refractivity contribution is -0.290. The number of aliphatic hydroxyl groups is 1. The lowest BCUT2D eigenvalue weighted by atomic mass is 9.79. The van der Waals surface area contributed by atoms with Gasteiger partial charge in [0.15, 0.2) is 0 Å². The predicted molar refractivity (Wildman–Crippen MR) is 73.0 cm³/mol. The van der Waals surface area contributed by atoms with E-state index in [-0.39, 0.29) is 11.1 Å². The molecule has 4 N–H and O–H groups in total. The number of urea groups is 1. The molecule has 7 nitrogen and oxygen atoms in total. The van der Waals surface area contributed by atoms with Crippen molar-refractivity contribution in [2.24, 2.45) is 5.92 Å². The van der Waals surface area contributed by atoms with Crippen LogP contribution in [0.2, 0.25) is 0 Å². The Hall–Kier alpha value is -2.62. The Bertz CT molecular complexity index is 689. The molecule has 2 amide bonds. The summed E-state index contributed by atoms with van der Waals surface area (Å²) < 4.78 is 39.7. The largest absolute Gasteiger partial charge is 0.478 e. The SMILES string of the molecule is CC(=O)C1C(c2ccc(C(=O)O)cc2)NC(=O)NC1(O)C(F)(F)F. The molecule has 10 heteroatoms. The first-order chi connectivity index (χ1) is 11.0. The summed E-state index contributed by atoms with van der Waals surface area (Å²) in [5.74, 6) is -4.30. The Labute approximate surface area is 133 Å². The number of ketones is 1. The molecule has 0 aromatic heterocycles. The van der Waals surface area contributed by atoms with Gasteiger partial charge in [0.2, 0.25) is 5.72 Å². The molecule has 1 saturated heterocycles. The van der Waals surface area contributed by atoms with Gasteiger partial charge in [0.1, 0.15) is 5.78 Å². The van der Waals surface area contributed by atoms with E-state index in [1.165, 1.54) is 17.4 Å². The lowest BCUT2D eigenvalue weighted by Crippen LogP contribution is -2.72. The van der Waals surface area contributed by atoms with Crippen molar-refractivity contribution in [2.75, 3.05) is 0 Å². The number of benzene rings is 1. The second kappa shape index (κ2) is 5.78. The highest BCUT2D eigenvalue weighted by molar-refractivity contribution is 5.88. The van der Waals surface area contributed by atoms with Gasteiger partial charge in [0.05, 0.1) is 17.5 Å². The predicted octanol–water partition coefficient (Wildman–Crippen LogP) is 1.19. The smallest absolute Gasteiger partial charge is 0.437 e. The van der Waals surface area contributed by atoms with E-state index >= 15 is 0 Å². The molecule has 1 fully saturated rings. The summed E-state index contributed by atoms with van der Waals surface area (Å²) in [6, 6.07) is 1.80. The summed E-state index contributed by atoms with van der Waals surface area (Å²) in [6.45, 7) is 0.860. The van der Waals surface area contributed by atoms with Gasteiger partial charge in [0.25, 0.3) is 0 Å². The van der Waals surface area contributed by atoms with Crippen molar-refractivity contribution >= 4 is 17.8 Å². The van der Waals surface area contributed by atoms with Crippen molar-refractivity contribution in [3.05, 3.63) is 35.4 Å². The monoisotopic (exact) mass is 346 g/mol. The highest BCUT2D eigenvalue weighted by Crippen LogP contribution is 2.42. The average molecular weight is 346 g/mol. The molecule has 0 radical (unpaired) electrons. The van der Waals surface area contributed by atoms with Crippen LogP contribution in [0.1, 0.15) is 28.9 Å². The number of Topliss-reactive ketones (excluding diaryl/α,β-unsaturated/α-hetero) is 1. The fraction of sp³-hybridized carbons (Fsp3) is 0.357. The highest BCUT2D eigenvalue weighted by Gasteiger charge is 2.65. The number of halogens is 3. The summed E-state index contributed by atoms with van der Waals surface area (Å²) in [5, 5.41) is 22.3. The number of carboxylic acids is 1. The van der Waals surface area contributed by atoms with Crippen LogP contribution in [0, 0.1) is 5.92 Å². The van der Waals surface area contributed by atoms with Crippen LogP contribution in [0.5, 0.6) is 0 Å². The first-order valence-corrected chi connectivity index (χ1v) is 6.69. The third kappa shape index (κ3) is 2.92. The zero-order chi connectivity index (χ0) is 18.3. The maximum absolute atomic E-state index is 13.2. The van der Waals surface area contributed by atoms with E-state index in [1.54, 1.807) is 0 Å². The molecule has 130 valence electrons. The molecule has 2 rings (SSSR count). The summed E-state index contributed by atoms with van der Waals surface area (Å²) >= 11 is 0. The molecule has 0 aliphatic carbocycles. The Morgan fingerprint density at radius 2 is 1.75 bits per heavy atom. The van der Waals surface area contributed by atoms with Crippen molar-refractivity contribution in [3.8, 4) is 0 Å². The summed E-state index contributed by atoms with van der Waals surface area (Å²) in [7, 11) is 0. The maximum Gasteiger partial charge on any atom is 0.437 e. The fourth-order valence-corrected chi connectivity index (χ4v) is 2.64. The Morgan fingerprint density at radius 3 is 2.17 bits per heavy atom. The summed E-state index contributed by atoms with van der Waals surface area (Å²) in [4.78, 5) is 34.2. The zero-order valence-corrected chi connectivity index (χ0v) is 12.2. The molecule has 24 heavy (non-hydrogen) atoms. The molecular weight excluding hydrogens is 333 g/mol. The van der Waals surface area contributed by atoms with E-state index in [0.29, 0.717) is 0 Å². The van der Waals surface area contributed by atoms with Crippen LogP contribution < -0.4 is 10.6 Å². The second-order valence-electron chi connectivity index (χ2n) is 5.36. The molecule has 1 aliphatic rings. The minimum absolute atomic E-state index is 0.0534. The molecule has 3 atom stereocenters. The van der Waals surface area contributed by atoms with Crippen molar-refractivity contribution < 1.29 is 37.8 Å². The molecule has 0 saturated carbocycles. The summed E-state index contributed by atoms with van der Waals surface area (Å²) in [5.41, 5.74) is -3.81. The Kier molecular flexibility index (Phi) is 4.27. The molecule has 1 aromatic rings. The third-order valence-electron chi connectivity index (χ3n) is 3.76. The van der Waals surface area contributed by atoms with Crippen LogP contribution in [-0.4, -0.2) is 39.9 Å². The molecule has 1 heterocycles. The topological polar surface area (TPSA) is 116 Å². The molecule has 1 aliphatic heterocycles. The first-order valence-electron chi connectivity index (χ1n) is 6.69. The number of hydrogen-bond acceptors (Lipinski definition) is 4. The number of hydrogen-bond donors (Lipinski definition) is 4. The van der Waals surface area contributed by atoms with E-state index in [4.69, 9.17) is 5.11 Å². The number of carbonyl (C=O) groups is 3. The van der Waals surface area contributed by atoms with Gasteiger partial charge in [-0.2, -0.15) is 13.2 Å². The summed E-state index contributed by atoms with van der Waals surface area (Å²) in [6.07, 6.45) is -5.29. The number of carboxylic acid groups (broad SMARTS) is 1. The third-order valence-corrected chi connectivity index (χ3v) is 3.76. The van der Waals surface area contributed by atoms with Gasteiger partial charge in [-0.1, -0.05) is 12.1 Å². The van der Waals surface area contributed by atoms with Crippen molar-refractivity contribution in [2.45, 2.75) is 24.9 Å². The highest BCUT2D eigenvalue weighted by atomic mass is 19.4. The van der Waals surface area contributed by atoms with Crippen molar-refractivity contribution in [1.29, 1.82) is 0 Å². The van der Waals surface area contributed by atoms with Gasteiger partial charge >= 0.3 is 18.2 Å². The zero-order valence-electron chi connectivity index (χ0n) is 12.2. The number of alkyl halides is 3. The first kappa shape index (κ1) is 17.7. The number of amides is 2. The van der Waals surface area contributed by atoms with Crippen molar-refractivity contribution in [3.63, 3.8) is 0 Å². The normalized spacial score (nSPS) is 27.1. The number of rotatable bonds is 3. The van der Waals surface area contributed by atoms with Gasteiger partial charge in [0, 0.05) is 0 Å². The molecular formula is C14H13F3N2O5. The quantitative estimate of drug-likeness (QED) is 0.656. The van der Waals surface area contributed by atoms with Crippen molar-refractivity contribution in [1.82, 2.24) is 10.6 Å². The minimum Gasteiger partial charge on any atom is -0.478 e. The van der Waals surface area contributed by atoms with Crippen LogP contribution in [0.4, 0.5) is 18.0 Å². The van der Waals surface area contributed by atoms with Gasteiger partial charge in [-0.25, -0.2) is 9.59 Å². The lowest BCUT2D eigenvalue weighted by Gasteiger charge is -2.44. The van der Waals surface area contributed by atoms with Crippen LogP contribution in [0.3, 0.4) is 0 Å². The molecule has 3 unspecified atom stereocenters. The van der Waals surface area contributed by atoms with Crippen LogP contribution >= 0.6 is 0 Å². The molecule has 0 spiro atoms. The van der Waals surface area contributed by atoms with E-state index in [9.17, 15) is 32.7 Å². The van der Waals surface area contributed by atoms with Crippen LogP contribution in [0.15, 0.2) is 24.3 Å². The number of nitrogens with one attached hydrogen (secondary N) is 2. The molecule has 0 bridgehead atoms. The average Bonchev–Trinajstić information content (AvgIpc) is 2.44. The van der Waals surface area contributed by atoms with E-state index < -0.39 is 41.6 Å². The Balaban J connectivity index is 2.52. The minimum atomic E-state index is -5.29. The standard InChI is InChI=1S/C14H13F3N2O5/c1-6(20)9-10(7-2-4-8(5-3-7)11(21)22)18-12(23)19-13(9,24)14(15,16)17/h2-5,9-10,24H,1H3,(H,21,22)(H2,18,19,23). The van der Waals surface area contributed by atoms with E-state index in [2.05, 4.69) is 5.32 Å². The van der Waals surface area contributed by atoms with Crippen LogP contribution in [-0.2, 0) is 4.79 Å². The van der Waals surface area contributed by atoms with Crippen LogP contribution in [0.25, 0.3) is 0 Å². The second-order valence-corrected chi connectivity index (χ2v) is 5.36. The fourth-order valence-electron chi connectivity index (χ4n) is 2.64. The van der Waals surface area contributed by atoms with E-state index in [1.807, 2.05) is 0 Å². The molecule has 1 aromatic carbocycles. The number of aromatic carboxylic acids is 1. The maximum atomic E-state index is 13.2. The van der Waals surface area contributed by atoms with Gasteiger partial charge in [-0.15, -0.1) is 0 Å². The van der Waals surface area contributed by atoms with E-state index in [0.717, 1.165) is 19.1 Å². The van der Waals surface area contributed by atoms with Gasteiger partial charge in [-0.05, 0) is 24.6 Å². The number of carbonyl (C=O) groups excluding carboxylic acids is 2. The van der Waals surface area contributed by atoms with Gasteiger partial charge in [-0.3, -0.25) is 4.79 Å². The Morgan fingerprint density at radius 1 is 1.21 bits per heavy atom. The van der Waals surface area contributed by atoms with Gasteiger partial charge < -0.3 is 20.8 Å².